The monoisotopic (exact) mass is 268 g/mol. The lowest BCUT2D eigenvalue weighted by Gasteiger charge is -2.15. The number of anilines is 1. The van der Waals surface area contributed by atoms with Crippen LogP contribution in [0.4, 0.5) is 5.82 Å². The number of nitrogens with zero attached hydrogens (tertiary/aromatic N) is 1. The number of pyridine rings is 1. The van der Waals surface area contributed by atoms with E-state index >= 15 is 0 Å². The standard InChI is InChI=1S/C16H16N2S/c1-12(11-13-5-3-2-4-6-13)18-16-14-8-10-19-15(14)7-9-17-16/h2-10,12H,11H2,1H3,(H,17,18). The van der Waals surface area contributed by atoms with E-state index in [0.717, 1.165) is 12.2 Å². The average molecular weight is 268 g/mol. The van der Waals surface area contributed by atoms with Gasteiger partial charge in [0.2, 0.25) is 0 Å². The summed E-state index contributed by atoms with van der Waals surface area (Å²) < 4.78 is 1.28. The van der Waals surface area contributed by atoms with E-state index in [1.807, 2.05) is 6.20 Å². The molecule has 3 heteroatoms. The van der Waals surface area contributed by atoms with Gasteiger partial charge in [0.25, 0.3) is 0 Å². The van der Waals surface area contributed by atoms with E-state index in [2.05, 4.69) is 65.1 Å². The van der Waals surface area contributed by atoms with Gasteiger partial charge in [0.15, 0.2) is 0 Å². The maximum Gasteiger partial charge on any atom is 0.134 e. The van der Waals surface area contributed by atoms with Gasteiger partial charge in [0.05, 0.1) is 0 Å². The van der Waals surface area contributed by atoms with Crippen LogP contribution in [0.3, 0.4) is 0 Å². The molecule has 0 fully saturated rings. The fourth-order valence-corrected chi connectivity index (χ4v) is 3.04. The summed E-state index contributed by atoms with van der Waals surface area (Å²) in [6, 6.07) is 15.1. The van der Waals surface area contributed by atoms with Crippen LogP contribution in [0.15, 0.2) is 54.0 Å². The molecule has 0 aliphatic carbocycles. The van der Waals surface area contributed by atoms with Crippen LogP contribution < -0.4 is 5.32 Å². The summed E-state index contributed by atoms with van der Waals surface area (Å²) in [5.74, 6) is 0.988. The molecule has 1 aromatic carbocycles. The second-order valence-electron chi connectivity index (χ2n) is 4.73. The van der Waals surface area contributed by atoms with E-state index in [1.165, 1.54) is 15.6 Å². The Morgan fingerprint density at radius 2 is 2.00 bits per heavy atom. The molecule has 3 aromatic rings. The van der Waals surface area contributed by atoms with Crippen molar-refractivity contribution in [3.05, 3.63) is 59.6 Å². The molecule has 96 valence electrons. The van der Waals surface area contributed by atoms with Crippen molar-refractivity contribution in [3.8, 4) is 0 Å². The van der Waals surface area contributed by atoms with Crippen LogP contribution in [0.2, 0.25) is 0 Å². The minimum absolute atomic E-state index is 0.361. The summed E-state index contributed by atoms with van der Waals surface area (Å²) in [6.45, 7) is 2.19. The maximum atomic E-state index is 4.46. The Kier molecular flexibility index (Phi) is 3.47. The van der Waals surface area contributed by atoms with Crippen molar-refractivity contribution < 1.29 is 0 Å². The first kappa shape index (κ1) is 12.2. The van der Waals surface area contributed by atoms with Crippen molar-refractivity contribution in [1.82, 2.24) is 4.98 Å². The molecule has 2 nitrogen and oxygen atoms in total. The summed E-state index contributed by atoms with van der Waals surface area (Å²) in [5.41, 5.74) is 1.35. The van der Waals surface area contributed by atoms with Gasteiger partial charge in [-0.25, -0.2) is 4.98 Å². The number of fused-ring (bicyclic) bond motifs is 1. The highest BCUT2D eigenvalue weighted by Gasteiger charge is 2.07. The number of aromatic nitrogens is 1. The third-order valence-corrected chi connectivity index (χ3v) is 4.03. The molecule has 3 rings (SSSR count). The van der Waals surface area contributed by atoms with Crippen LogP contribution in [0.5, 0.6) is 0 Å². The largest absolute Gasteiger partial charge is 0.367 e. The highest BCUT2D eigenvalue weighted by molar-refractivity contribution is 7.17. The first-order chi connectivity index (χ1) is 9.33. The van der Waals surface area contributed by atoms with Crippen molar-refractivity contribution in [2.24, 2.45) is 0 Å². The SMILES string of the molecule is CC(Cc1ccccc1)Nc1nccc2sccc12. The lowest BCUT2D eigenvalue weighted by molar-refractivity contribution is 0.786. The van der Waals surface area contributed by atoms with Crippen LogP contribution in [-0.4, -0.2) is 11.0 Å². The molecule has 2 aromatic heterocycles. The van der Waals surface area contributed by atoms with Gasteiger partial charge < -0.3 is 5.32 Å². The molecule has 1 atom stereocenters. The van der Waals surface area contributed by atoms with E-state index < -0.39 is 0 Å². The highest BCUT2D eigenvalue weighted by atomic mass is 32.1. The van der Waals surface area contributed by atoms with Crippen LogP contribution in [0.25, 0.3) is 10.1 Å². The molecule has 19 heavy (non-hydrogen) atoms. The number of nitrogens with one attached hydrogen (secondary N) is 1. The van der Waals surface area contributed by atoms with Gasteiger partial charge >= 0.3 is 0 Å². The van der Waals surface area contributed by atoms with Gasteiger partial charge in [-0.1, -0.05) is 30.3 Å². The van der Waals surface area contributed by atoms with Gasteiger partial charge in [-0.2, -0.15) is 0 Å². The Labute approximate surface area is 117 Å². The van der Waals surface area contributed by atoms with Crippen molar-refractivity contribution >= 4 is 27.2 Å². The molecular formula is C16H16N2S. The zero-order valence-corrected chi connectivity index (χ0v) is 11.7. The Morgan fingerprint density at radius 1 is 1.16 bits per heavy atom. The number of hydrogen-bond acceptors (Lipinski definition) is 3. The number of hydrogen-bond donors (Lipinski definition) is 1. The van der Waals surface area contributed by atoms with Crippen LogP contribution in [0, 0.1) is 0 Å². The van der Waals surface area contributed by atoms with Gasteiger partial charge in [0.1, 0.15) is 5.82 Å². The summed E-state index contributed by atoms with van der Waals surface area (Å²) in [5, 5.41) is 6.84. The Hall–Kier alpha value is -1.87. The first-order valence-corrected chi connectivity index (χ1v) is 7.33. The number of benzene rings is 1. The summed E-state index contributed by atoms with van der Waals surface area (Å²) in [6.07, 6.45) is 2.87. The van der Waals surface area contributed by atoms with E-state index in [9.17, 15) is 0 Å². The second-order valence-corrected chi connectivity index (χ2v) is 5.67. The van der Waals surface area contributed by atoms with Crippen molar-refractivity contribution in [2.75, 3.05) is 5.32 Å². The molecular weight excluding hydrogens is 252 g/mol. The third kappa shape index (κ3) is 2.76. The summed E-state index contributed by atoms with van der Waals surface area (Å²) >= 11 is 1.75. The zero-order valence-electron chi connectivity index (χ0n) is 10.8. The van der Waals surface area contributed by atoms with E-state index in [1.54, 1.807) is 11.3 Å². The molecule has 2 heterocycles. The molecule has 0 saturated carbocycles. The summed E-state index contributed by atoms with van der Waals surface area (Å²) in [7, 11) is 0. The molecule has 1 N–H and O–H groups in total. The highest BCUT2D eigenvalue weighted by Crippen LogP contribution is 2.26. The first-order valence-electron chi connectivity index (χ1n) is 6.45. The molecule has 0 aliphatic heterocycles. The molecule has 0 amide bonds. The van der Waals surface area contributed by atoms with Crippen molar-refractivity contribution in [3.63, 3.8) is 0 Å². The predicted molar refractivity (Wildman–Crippen MR) is 82.9 cm³/mol. The van der Waals surface area contributed by atoms with Crippen LogP contribution >= 0.6 is 11.3 Å². The average Bonchev–Trinajstić information content (AvgIpc) is 2.89. The normalized spacial score (nSPS) is 12.5. The Morgan fingerprint density at radius 3 is 2.84 bits per heavy atom. The predicted octanol–water partition coefficient (Wildman–Crippen LogP) is 4.34. The van der Waals surface area contributed by atoms with Gasteiger partial charge in [0, 0.05) is 22.3 Å². The maximum absolute atomic E-state index is 4.46. The molecule has 1 unspecified atom stereocenters. The topological polar surface area (TPSA) is 24.9 Å². The van der Waals surface area contributed by atoms with E-state index in [4.69, 9.17) is 0 Å². The lowest BCUT2D eigenvalue weighted by Crippen LogP contribution is -2.18. The fraction of sp³-hybridized carbons (Fsp3) is 0.188. The zero-order chi connectivity index (χ0) is 13.1. The lowest BCUT2D eigenvalue weighted by atomic mass is 10.1. The van der Waals surface area contributed by atoms with Crippen LogP contribution in [0.1, 0.15) is 12.5 Å². The molecule has 0 saturated heterocycles. The molecule has 0 aliphatic rings. The van der Waals surface area contributed by atoms with E-state index in [-0.39, 0.29) is 0 Å². The second kappa shape index (κ2) is 5.41. The molecule has 0 bridgehead atoms. The molecule has 0 radical (unpaired) electrons. The minimum atomic E-state index is 0.361. The van der Waals surface area contributed by atoms with Gasteiger partial charge in [-0.3, -0.25) is 0 Å². The Balaban J connectivity index is 1.76. The third-order valence-electron chi connectivity index (χ3n) is 3.15. The fourth-order valence-electron chi connectivity index (χ4n) is 2.26. The summed E-state index contributed by atoms with van der Waals surface area (Å²) in [4.78, 5) is 4.46. The van der Waals surface area contributed by atoms with Crippen molar-refractivity contribution in [1.29, 1.82) is 0 Å². The Bertz CT molecular complexity index is 661. The van der Waals surface area contributed by atoms with Crippen LogP contribution in [-0.2, 0) is 6.42 Å². The molecule has 0 spiro atoms. The van der Waals surface area contributed by atoms with Gasteiger partial charge in [-0.15, -0.1) is 11.3 Å². The van der Waals surface area contributed by atoms with E-state index in [0.29, 0.717) is 6.04 Å². The number of thiophene rings is 1. The van der Waals surface area contributed by atoms with Crippen molar-refractivity contribution in [2.45, 2.75) is 19.4 Å². The quantitative estimate of drug-likeness (QED) is 0.761. The van der Waals surface area contributed by atoms with Gasteiger partial charge in [-0.05, 0) is 36.4 Å². The number of rotatable bonds is 4. The smallest absolute Gasteiger partial charge is 0.134 e. The minimum Gasteiger partial charge on any atom is -0.367 e.